The molecule has 1 amide bonds. The molecule has 0 heterocycles. The number of hydrogen-bond donors (Lipinski definition) is 4. The predicted molar refractivity (Wildman–Crippen MR) is 54.1 cm³/mol. The molecule has 0 atom stereocenters. The third-order valence-corrected chi connectivity index (χ3v) is 2.53. The lowest BCUT2D eigenvalue weighted by atomic mass is 10.5. The molecule has 0 unspecified atom stereocenters. The maximum Gasteiger partial charge on any atom is 0.478 e. The van der Waals surface area contributed by atoms with Crippen molar-refractivity contribution in [2.24, 2.45) is 0 Å². The van der Waals surface area contributed by atoms with Gasteiger partial charge < -0.3 is 24.5 Å². The number of nitrogens with zero attached hydrogens (tertiary/aromatic N) is 1. The Labute approximate surface area is 91.8 Å². The number of carbonyl (C=O) groups is 1. The molecule has 0 radical (unpaired) electrons. The zero-order valence-corrected chi connectivity index (χ0v) is 10.3. The van der Waals surface area contributed by atoms with Gasteiger partial charge in [0.15, 0.2) is 0 Å². The van der Waals surface area contributed by atoms with Gasteiger partial charge in [0.1, 0.15) is 0 Å². The highest BCUT2D eigenvalue weighted by molar-refractivity contribution is 7.60. The fourth-order valence-electron chi connectivity index (χ4n) is 0.321. The van der Waals surface area contributed by atoms with E-state index in [4.69, 9.17) is 19.6 Å². The summed E-state index contributed by atoms with van der Waals surface area (Å²) in [6.07, 6.45) is 1.28. The number of amides is 1. The van der Waals surface area contributed by atoms with Crippen molar-refractivity contribution in [2.45, 2.75) is 0 Å². The van der Waals surface area contributed by atoms with Crippen LogP contribution in [0.4, 0.5) is 0 Å². The first-order valence-electron chi connectivity index (χ1n) is 3.55. The first kappa shape index (κ1) is 17.9. The van der Waals surface area contributed by atoms with Crippen LogP contribution in [0.2, 0.25) is 0 Å². The summed E-state index contributed by atoms with van der Waals surface area (Å²) in [5.41, 5.74) is 0. The largest absolute Gasteiger partial charge is 0.478 e. The maximum atomic E-state index is 10.3. The van der Waals surface area contributed by atoms with E-state index in [-0.39, 0.29) is 5.91 Å². The summed E-state index contributed by atoms with van der Waals surface area (Å²) in [6.45, 7) is 3.29. The third kappa shape index (κ3) is 15.9. The first-order valence-corrected chi connectivity index (χ1v) is 6.61. The van der Waals surface area contributed by atoms with Gasteiger partial charge in [0.25, 0.3) is 0 Å². The van der Waals surface area contributed by atoms with Crippen LogP contribution in [0.25, 0.3) is 0 Å². The van der Waals surface area contributed by atoms with Crippen LogP contribution in [0.15, 0.2) is 12.7 Å². The van der Waals surface area contributed by atoms with Crippen LogP contribution in [-0.4, -0.2) is 44.5 Å². The number of likely N-dealkylation sites (N-methyl/N-ethyl adjacent to an activating group) is 1. The molecule has 0 aliphatic rings. The molecule has 4 N–H and O–H groups in total. The molecule has 96 valence electrons. The van der Waals surface area contributed by atoms with Crippen LogP contribution < -0.4 is 0 Å². The minimum absolute atomic E-state index is 0.0556. The van der Waals surface area contributed by atoms with Gasteiger partial charge in [-0.3, -0.25) is 4.79 Å². The molecule has 0 aromatic rings. The number of hydrogen-bond acceptors (Lipinski definition) is 4. The summed E-state index contributed by atoms with van der Waals surface area (Å²) in [7, 11) is -6.73. The topological polar surface area (TPSA) is 145 Å². The highest BCUT2D eigenvalue weighted by atomic mass is 31.3. The second-order valence-electron chi connectivity index (χ2n) is 2.50. The Balaban J connectivity index is 0. The lowest BCUT2D eigenvalue weighted by Gasteiger charge is -2.03. The Hall–Kier alpha value is -0.530. The van der Waals surface area contributed by atoms with Crippen LogP contribution in [0.5, 0.6) is 0 Å². The van der Waals surface area contributed by atoms with E-state index in [9.17, 15) is 13.9 Å². The van der Waals surface area contributed by atoms with Gasteiger partial charge in [0.05, 0.1) is 0 Å². The minimum atomic E-state index is -5.05. The summed E-state index contributed by atoms with van der Waals surface area (Å²) in [4.78, 5) is 42.8. The zero-order chi connectivity index (χ0) is 13.6. The molecule has 0 aliphatic carbocycles. The van der Waals surface area contributed by atoms with Crippen molar-refractivity contribution in [2.75, 3.05) is 14.1 Å². The Kier molecular flexibility index (Phi) is 7.73. The van der Waals surface area contributed by atoms with E-state index in [2.05, 4.69) is 10.9 Å². The number of phosphoric acid groups is 2. The number of carbonyl (C=O) groups excluding carboxylic acids is 1. The molecule has 9 nitrogen and oxygen atoms in total. The summed E-state index contributed by atoms with van der Waals surface area (Å²) >= 11 is 0. The lowest BCUT2D eigenvalue weighted by molar-refractivity contribution is -0.123. The van der Waals surface area contributed by atoms with Gasteiger partial charge in [-0.15, -0.1) is 0 Å². The molecule has 11 heteroatoms. The van der Waals surface area contributed by atoms with Gasteiger partial charge in [0.2, 0.25) is 5.91 Å². The van der Waals surface area contributed by atoms with Crippen molar-refractivity contribution in [3.63, 3.8) is 0 Å². The molecule has 0 aliphatic heterocycles. The summed E-state index contributed by atoms with van der Waals surface area (Å²) in [5.74, 6) is -0.0556. The van der Waals surface area contributed by atoms with E-state index in [1.807, 2.05) is 0 Å². The van der Waals surface area contributed by atoms with Crippen LogP contribution in [0.1, 0.15) is 0 Å². The zero-order valence-electron chi connectivity index (χ0n) is 8.55. The maximum absolute atomic E-state index is 10.3. The normalized spacial score (nSPS) is 11.1. The molecule has 0 rings (SSSR count). The SMILES string of the molecule is C=CC(=O)N(C)C.O=P(O)(O)OP(=O)(O)O. The molecule has 0 bridgehead atoms. The van der Waals surface area contributed by atoms with E-state index < -0.39 is 15.6 Å². The molecule has 0 aromatic carbocycles. The molecule has 0 saturated heterocycles. The van der Waals surface area contributed by atoms with Gasteiger partial charge >= 0.3 is 15.6 Å². The average molecular weight is 277 g/mol. The monoisotopic (exact) mass is 277 g/mol. The molecule has 0 fully saturated rings. The van der Waals surface area contributed by atoms with Crippen molar-refractivity contribution in [1.82, 2.24) is 4.90 Å². The van der Waals surface area contributed by atoms with Gasteiger partial charge in [-0.1, -0.05) is 6.58 Å². The molecule has 0 saturated carbocycles. The standard InChI is InChI=1S/C5H9NO.H4O7P2/c1-4-5(7)6(2)3;1-8(2,3)7-9(4,5)6/h4H,1H2,2-3H3;(H2,1,2,3)(H2,4,5,6). The van der Waals surface area contributed by atoms with Gasteiger partial charge in [-0.05, 0) is 6.08 Å². The van der Waals surface area contributed by atoms with Gasteiger partial charge in [-0.2, -0.15) is 4.31 Å². The first-order chi connectivity index (χ1) is 6.89. The van der Waals surface area contributed by atoms with Crippen molar-refractivity contribution in [1.29, 1.82) is 0 Å². The molecule has 0 spiro atoms. The Morgan fingerprint density at radius 2 is 1.50 bits per heavy atom. The average Bonchev–Trinajstić information content (AvgIpc) is 1.96. The lowest BCUT2D eigenvalue weighted by Crippen LogP contribution is -2.18. The van der Waals surface area contributed by atoms with E-state index in [1.54, 1.807) is 14.1 Å². The molecule has 16 heavy (non-hydrogen) atoms. The van der Waals surface area contributed by atoms with Crippen molar-refractivity contribution in [3.05, 3.63) is 12.7 Å². The van der Waals surface area contributed by atoms with Crippen molar-refractivity contribution in [3.8, 4) is 0 Å². The third-order valence-electron chi connectivity index (χ3n) is 0.828. The fraction of sp³-hybridized carbons (Fsp3) is 0.400. The fourth-order valence-corrected chi connectivity index (χ4v) is 1.43. The molecule has 0 aromatic heterocycles. The van der Waals surface area contributed by atoms with Crippen molar-refractivity contribution < 1.29 is 37.8 Å². The molecular weight excluding hydrogens is 264 g/mol. The van der Waals surface area contributed by atoms with Gasteiger partial charge in [0, 0.05) is 14.1 Å². The second kappa shape index (κ2) is 6.93. The predicted octanol–water partition coefficient (Wildman–Crippen LogP) is -0.551. The van der Waals surface area contributed by atoms with Crippen LogP contribution in [0, 0.1) is 0 Å². The quantitative estimate of drug-likeness (QED) is 0.397. The van der Waals surface area contributed by atoms with E-state index >= 15 is 0 Å². The van der Waals surface area contributed by atoms with Crippen LogP contribution in [0.3, 0.4) is 0 Å². The number of rotatable bonds is 3. The summed E-state index contributed by atoms with van der Waals surface area (Å²) in [6, 6.07) is 0. The molecular formula is C5H13NO8P2. The Morgan fingerprint density at radius 3 is 1.50 bits per heavy atom. The Bertz CT molecular complexity index is 307. The van der Waals surface area contributed by atoms with E-state index in [0.717, 1.165) is 0 Å². The van der Waals surface area contributed by atoms with E-state index in [0.29, 0.717) is 0 Å². The van der Waals surface area contributed by atoms with Crippen LogP contribution in [-0.2, 0) is 18.2 Å². The highest BCUT2D eigenvalue weighted by Gasteiger charge is 2.27. The summed E-state index contributed by atoms with van der Waals surface area (Å²) in [5, 5.41) is 0. The van der Waals surface area contributed by atoms with Crippen molar-refractivity contribution >= 4 is 21.6 Å². The smallest absolute Gasteiger partial charge is 0.345 e. The van der Waals surface area contributed by atoms with Gasteiger partial charge in [-0.25, -0.2) is 9.13 Å². The minimum Gasteiger partial charge on any atom is -0.345 e. The Morgan fingerprint density at radius 1 is 1.19 bits per heavy atom. The summed E-state index contributed by atoms with van der Waals surface area (Å²) < 4.78 is 22.2. The van der Waals surface area contributed by atoms with Crippen LogP contribution >= 0.6 is 15.6 Å². The van der Waals surface area contributed by atoms with E-state index in [1.165, 1.54) is 11.0 Å². The second-order valence-corrected chi connectivity index (χ2v) is 5.12. The highest BCUT2D eigenvalue weighted by Crippen LogP contribution is 2.53.